The Hall–Kier alpha value is -2.11. The third-order valence-corrected chi connectivity index (χ3v) is 10.8. The Labute approximate surface area is 249 Å². The van der Waals surface area contributed by atoms with Crippen molar-refractivity contribution in [2.45, 2.75) is 72.9 Å². The molecule has 0 fully saturated rings. The first-order chi connectivity index (χ1) is 19.0. The summed E-state index contributed by atoms with van der Waals surface area (Å²) in [7, 11) is 1.09. The Bertz CT molecular complexity index is 1230. The summed E-state index contributed by atoms with van der Waals surface area (Å²) in [6, 6.07) is 11.1. The van der Waals surface area contributed by atoms with E-state index < -0.39 is 47.0 Å². The van der Waals surface area contributed by atoms with E-state index in [2.05, 4.69) is 14.4 Å². The zero-order valence-corrected chi connectivity index (χ0v) is 25.8. The van der Waals surface area contributed by atoms with Gasteiger partial charge in [0.25, 0.3) is 0 Å². The van der Waals surface area contributed by atoms with Gasteiger partial charge in [-0.2, -0.15) is 8.42 Å². The number of nitrogens with zero attached hydrogens (tertiary/aromatic N) is 3. The van der Waals surface area contributed by atoms with Crippen LogP contribution in [-0.4, -0.2) is 57.2 Å². The fourth-order valence-corrected chi connectivity index (χ4v) is 7.22. The molecule has 0 radical (unpaired) electrons. The number of ether oxygens (including phenoxy) is 2. The molecule has 2 aromatic rings. The minimum absolute atomic E-state index is 0.00153. The lowest BCUT2D eigenvalue weighted by atomic mass is 10.2. The number of aromatic nitrogens is 2. The topological polar surface area (TPSA) is 162 Å². The van der Waals surface area contributed by atoms with E-state index in [4.69, 9.17) is 14.0 Å². The smallest absolute Gasteiger partial charge is 0.381 e. The van der Waals surface area contributed by atoms with E-state index in [0.29, 0.717) is 12.8 Å². The predicted octanol–water partition coefficient (Wildman–Crippen LogP) is 5.59. The summed E-state index contributed by atoms with van der Waals surface area (Å²) in [6.07, 6.45) is 3.23. The fraction of sp³-hybridized carbons (Fsp3) is 0.417. The van der Waals surface area contributed by atoms with Crippen molar-refractivity contribution in [3.8, 4) is 0 Å². The molecule has 0 aliphatic rings. The summed E-state index contributed by atoms with van der Waals surface area (Å²) in [5.41, 5.74) is 0. The van der Waals surface area contributed by atoms with Crippen molar-refractivity contribution in [1.29, 1.82) is 0 Å². The quantitative estimate of drug-likeness (QED) is 0.0599. The second kappa shape index (κ2) is 18.3. The van der Waals surface area contributed by atoms with E-state index in [0.717, 1.165) is 10.1 Å². The fourth-order valence-electron chi connectivity index (χ4n) is 2.66. The summed E-state index contributed by atoms with van der Waals surface area (Å²) >= 11 is 0. The highest BCUT2D eigenvalue weighted by Crippen LogP contribution is 2.35. The SMILES string of the molecule is CC(CCC(=O)OC(=O)CC/C(=N/S(=O)(=O)O)OC(=O)CCC(C)SSc1ccccn1)SSc1ccccn1. The molecule has 16 heteroatoms. The van der Waals surface area contributed by atoms with E-state index in [1.807, 2.05) is 50.2 Å². The van der Waals surface area contributed by atoms with Crippen LogP contribution in [0.25, 0.3) is 0 Å². The molecule has 2 aromatic heterocycles. The third kappa shape index (κ3) is 16.2. The zero-order chi connectivity index (χ0) is 29.4. The zero-order valence-electron chi connectivity index (χ0n) is 21.7. The largest absolute Gasteiger partial charge is 0.411 e. The summed E-state index contributed by atoms with van der Waals surface area (Å²) < 4.78 is 44.2. The Morgan fingerprint density at radius 3 is 1.73 bits per heavy atom. The lowest BCUT2D eigenvalue weighted by Gasteiger charge is -2.11. The summed E-state index contributed by atoms with van der Waals surface area (Å²) in [5.74, 6) is -3.13. The maximum Gasteiger partial charge on any atom is 0.381 e. The predicted molar refractivity (Wildman–Crippen MR) is 158 cm³/mol. The molecule has 2 heterocycles. The van der Waals surface area contributed by atoms with Gasteiger partial charge in [-0.15, -0.1) is 4.40 Å². The summed E-state index contributed by atoms with van der Waals surface area (Å²) in [5, 5.41) is 1.78. The van der Waals surface area contributed by atoms with E-state index in [1.165, 1.54) is 43.2 Å². The molecule has 2 atom stereocenters. The second-order valence-electron chi connectivity index (χ2n) is 8.15. The lowest BCUT2D eigenvalue weighted by Crippen LogP contribution is -2.18. The van der Waals surface area contributed by atoms with Crippen molar-refractivity contribution in [1.82, 2.24) is 9.97 Å². The van der Waals surface area contributed by atoms with Gasteiger partial charge in [0.1, 0.15) is 10.1 Å². The van der Waals surface area contributed by atoms with Gasteiger partial charge in [0, 0.05) is 42.2 Å². The molecule has 0 amide bonds. The molecule has 218 valence electrons. The van der Waals surface area contributed by atoms with E-state index in [-0.39, 0.29) is 23.3 Å². The van der Waals surface area contributed by atoms with Crippen molar-refractivity contribution in [3.05, 3.63) is 48.8 Å². The van der Waals surface area contributed by atoms with Gasteiger partial charge in [-0.3, -0.25) is 18.9 Å². The molecule has 11 nitrogen and oxygen atoms in total. The first-order valence-electron chi connectivity index (χ1n) is 12.0. The molecule has 0 spiro atoms. The van der Waals surface area contributed by atoms with Crippen molar-refractivity contribution in [3.63, 3.8) is 0 Å². The van der Waals surface area contributed by atoms with Crippen LogP contribution in [0.2, 0.25) is 0 Å². The monoisotopic (exact) mass is 647 g/mol. The molecule has 0 saturated heterocycles. The average molecular weight is 648 g/mol. The first kappa shape index (κ1) is 34.1. The van der Waals surface area contributed by atoms with Crippen LogP contribution in [0.5, 0.6) is 0 Å². The molecule has 0 aromatic carbocycles. The van der Waals surface area contributed by atoms with Crippen LogP contribution in [0.3, 0.4) is 0 Å². The van der Waals surface area contributed by atoms with Crippen molar-refractivity contribution < 1.29 is 36.8 Å². The Balaban J connectivity index is 1.72. The third-order valence-electron chi connectivity index (χ3n) is 4.60. The number of carbonyl (C=O) groups excluding carboxylic acids is 3. The Morgan fingerprint density at radius 1 is 0.800 bits per heavy atom. The van der Waals surface area contributed by atoms with E-state index in [9.17, 15) is 22.8 Å². The molecule has 0 aliphatic heterocycles. The van der Waals surface area contributed by atoms with Gasteiger partial charge in [0.15, 0.2) is 0 Å². The van der Waals surface area contributed by atoms with Gasteiger partial charge in [-0.1, -0.05) is 47.6 Å². The highest BCUT2D eigenvalue weighted by molar-refractivity contribution is 8.77. The molecule has 2 rings (SSSR count). The number of carbonyl (C=O) groups is 3. The number of rotatable bonds is 16. The number of hydrogen-bond donors (Lipinski definition) is 1. The van der Waals surface area contributed by atoms with Gasteiger partial charge in [-0.25, -0.2) is 9.97 Å². The van der Waals surface area contributed by atoms with Crippen molar-refractivity contribution >= 4 is 77.3 Å². The maximum absolute atomic E-state index is 12.2. The van der Waals surface area contributed by atoms with Gasteiger partial charge < -0.3 is 9.47 Å². The first-order valence-corrected chi connectivity index (χ1v) is 17.8. The minimum Gasteiger partial charge on any atom is -0.411 e. The normalized spacial score (nSPS) is 13.3. The average Bonchev–Trinajstić information content (AvgIpc) is 2.91. The second-order valence-corrected chi connectivity index (χ2v) is 14.5. The van der Waals surface area contributed by atoms with Gasteiger partial charge >= 0.3 is 28.2 Å². The molecule has 0 aliphatic carbocycles. The van der Waals surface area contributed by atoms with Crippen LogP contribution in [-0.2, 0) is 34.2 Å². The van der Waals surface area contributed by atoms with Crippen LogP contribution in [0.4, 0.5) is 0 Å². The number of pyridine rings is 2. The molecule has 0 bridgehead atoms. The van der Waals surface area contributed by atoms with E-state index in [1.54, 1.807) is 12.4 Å². The van der Waals surface area contributed by atoms with E-state index >= 15 is 0 Å². The number of hydrogen-bond acceptors (Lipinski definition) is 13. The standard InChI is InChI=1S/C24H29N3O8S5/c1-17(36-38-20-7-3-5-15-25-20)9-12-22(28)34-19(27-40(31,32)33)11-14-24(30)35-23(29)13-10-18(2)37-39-21-8-4-6-16-26-21/h3-8,15-18H,9-14H2,1-2H3,(H,31,32,33)/b27-19-. The van der Waals surface area contributed by atoms with Crippen LogP contribution >= 0.6 is 43.2 Å². The van der Waals surface area contributed by atoms with Gasteiger partial charge in [0.05, 0.1) is 6.42 Å². The van der Waals surface area contributed by atoms with Crippen LogP contribution in [0.15, 0.2) is 63.2 Å². The van der Waals surface area contributed by atoms with Crippen LogP contribution in [0, 0.1) is 0 Å². The summed E-state index contributed by atoms with van der Waals surface area (Å²) in [6.45, 7) is 3.84. The maximum atomic E-state index is 12.2. The Morgan fingerprint density at radius 2 is 1.27 bits per heavy atom. The van der Waals surface area contributed by atoms with Crippen LogP contribution in [0.1, 0.15) is 52.4 Å². The van der Waals surface area contributed by atoms with Gasteiger partial charge in [-0.05, 0) is 58.7 Å². The molecular formula is C24H29N3O8S5. The highest BCUT2D eigenvalue weighted by Gasteiger charge is 2.19. The van der Waals surface area contributed by atoms with Crippen molar-refractivity contribution in [2.75, 3.05) is 0 Å². The van der Waals surface area contributed by atoms with Crippen molar-refractivity contribution in [2.24, 2.45) is 4.40 Å². The molecule has 40 heavy (non-hydrogen) atoms. The number of esters is 3. The molecule has 2 unspecified atom stereocenters. The molecular weight excluding hydrogens is 619 g/mol. The highest BCUT2D eigenvalue weighted by atomic mass is 33.1. The lowest BCUT2D eigenvalue weighted by molar-refractivity contribution is -0.159. The summed E-state index contributed by atoms with van der Waals surface area (Å²) in [4.78, 5) is 44.8. The minimum atomic E-state index is -4.89. The molecule has 1 N–H and O–H groups in total. The Kier molecular flexibility index (Phi) is 15.6. The van der Waals surface area contributed by atoms with Gasteiger partial charge in [0.2, 0.25) is 5.90 Å². The van der Waals surface area contributed by atoms with Crippen LogP contribution < -0.4 is 0 Å². The molecule has 0 saturated carbocycles.